The lowest BCUT2D eigenvalue weighted by molar-refractivity contribution is 0.0102. The molecule has 21 heavy (non-hydrogen) atoms. The molecule has 0 aromatic heterocycles. The molecule has 0 saturated heterocycles. The molecule has 110 valence electrons. The van der Waals surface area contributed by atoms with Crippen LogP contribution in [0.1, 0.15) is 35.8 Å². The van der Waals surface area contributed by atoms with Gasteiger partial charge < -0.3 is 15.2 Å². The molecule has 0 spiro atoms. The van der Waals surface area contributed by atoms with E-state index in [9.17, 15) is 0 Å². The van der Waals surface area contributed by atoms with Crippen molar-refractivity contribution < 1.29 is 9.47 Å². The summed E-state index contributed by atoms with van der Waals surface area (Å²) in [4.78, 5) is 0. The van der Waals surface area contributed by atoms with Crippen LogP contribution in [-0.4, -0.2) is 13.2 Å². The Hall–Kier alpha value is -1.84. The second kappa shape index (κ2) is 6.29. The third-order valence-electron chi connectivity index (χ3n) is 3.88. The zero-order chi connectivity index (χ0) is 14.7. The zero-order valence-electron chi connectivity index (χ0n) is 12.3. The van der Waals surface area contributed by atoms with E-state index in [4.69, 9.17) is 15.2 Å². The van der Waals surface area contributed by atoms with Gasteiger partial charge in [0.25, 0.3) is 0 Å². The van der Waals surface area contributed by atoms with Crippen molar-refractivity contribution in [3.05, 3.63) is 65.2 Å². The largest absolute Gasteiger partial charge is 0.491 e. The third-order valence-corrected chi connectivity index (χ3v) is 3.88. The summed E-state index contributed by atoms with van der Waals surface area (Å²) in [7, 11) is 0. The van der Waals surface area contributed by atoms with Crippen molar-refractivity contribution in [3.63, 3.8) is 0 Å². The summed E-state index contributed by atoms with van der Waals surface area (Å²) in [5, 5.41) is 0. The van der Waals surface area contributed by atoms with Gasteiger partial charge in [-0.25, -0.2) is 0 Å². The van der Waals surface area contributed by atoms with Crippen molar-refractivity contribution in [3.8, 4) is 5.75 Å². The Morgan fingerprint density at radius 2 is 2.10 bits per heavy atom. The quantitative estimate of drug-likeness (QED) is 0.935. The number of hydrogen-bond acceptors (Lipinski definition) is 3. The van der Waals surface area contributed by atoms with Crippen molar-refractivity contribution >= 4 is 0 Å². The minimum absolute atomic E-state index is 0.00825. The molecule has 0 radical (unpaired) electrons. The van der Waals surface area contributed by atoms with Crippen LogP contribution < -0.4 is 10.5 Å². The fraction of sp³-hybridized carbons (Fsp3) is 0.333. The van der Waals surface area contributed by atoms with Gasteiger partial charge in [0.2, 0.25) is 0 Å². The van der Waals surface area contributed by atoms with Gasteiger partial charge in [0.15, 0.2) is 0 Å². The first-order chi connectivity index (χ1) is 10.2. The predicted molar refractivity (Wildman–Crippen MR) is 83.4 cm³/mol. The normalized spacial score (nSPS) is 18.9. The molecule has 1 unspecified atom stereocenters. The number of rotatable bonds is 4. The van der Waals surface area contributed by atoms with Crippen LogP contribution in [0.4, 0.5) is 0 Å². The van der Waals surface area contributed by atoms with Gasteiger partial charge in [-0.2, -0.15) is 0 Å². The third kappa shape index (κ3) is 3.26. The van der Waals surface area contributed by atoms with Crippen LogP contribution >= 0.6 is 0 Å². The maximum absolute atomic E-state index is 5.91. The molecule has 0 bridgehead atoms. The molecule has 2 N–H and O–H groups in total. The molecular weight excluding hydrogens is 262 g/mol. The van der Waals surface area contributed by atoms with Crippen LogP contribution in [0.15, 0.2) is 48.5 Å². The first kappa shape index (κ1) is 14.1. The van der Waals surface area contributed by atoms with Crippen molar-refractivity contribution in [2.75, 3.05) is 13.2 Å². The van der Waals surface area contributed by atoms with Gasteiger partial charge >= 0.3 is 0 Å². The second-order valence-electron chi connectivity index (χ2n) is 5.48. The highest BCUT2D eigenvalue weighted by molar-refractivity contribution is 5.32. The van der Waals surface area contributed by atoms with Crippen molar-refractivity contribution in [1.82, 2.24) is 0 Å². The summed E-state index contributed by atoms with van der Waals surface area (Å²) >= 11 is 0. The van der Waals surface area contributed by atoms with E-state index in [1.165, 1.54) is 11.1 Å². The zero-order valence-corrected chi connectivity index (χ0v) is 12.3. The van der Waals surface area contributed by atoms with Crippen LogP contribution in [0, 0.1) is 0 Å². The summed E-state index contributed by atoms with van der Waals surface area (Å²) in [5.41, 5.74) is 9.59. The highest BCUT2D eigenvalue weighted by atomic mass is 16.5. The van der Waals surface area contributed by atoms with Crippen LogP contribution in [0.5, 0.6) is 5.75 Å². The van der Waals surface area contributed by atoms with Crippen LogP contribution in [0.2, 0.25) is 0 Å². The summed E-state index contributed by atoms with van der Waals surface area (Å²) in [6.45, 7) is 3.25. The molecule has 0 amide bonds. The summed E-state index contributed by atoms with van der Waals surface area (Å²) in [6, 6.07) is 16.4. The van der Waals surface area contributed by atoms with E-state index in [0.717, 1.165) is 24.3 Å². The monoisotopic (exact) mass is 283 g/mol. The van der Waals surface area contributed by atoms with Gasteiger partial charge in [-0.1, -0.05) is 36.4 Å². The fourth-order valence-corrected chi connectivity index (χ4v) is 2.67. The molecule has 2 aromatic rings. The van der Waals surface area contributed by atoms with Crippen molar-refractivity contribution in [2.24, 2.45) is 5.73 Å². The Morgan fingerprint density at radius 3 is 2.95 bits per heavy atom. The first-order valence-corrected chi connectivity index (χ1v) is 7.42. The fourth-order valence-electron chi connectivity index (χ4n) is 2.67. The van der Waals surface area contributed by atoms with E-state index in [1.807, 2.05) is 31.2 Å². The van der Waals surface area contributed by atoms with Gasteiger partial charge in [0.05, 0.1) is 6.61 Å². The Bertz CT molecular complexity index is 610. The molecular formula is C18H21NO2. The van der Waals surface area contributed by atoms with E-state index in [0.29, 0.717) is 6.61 Å². The molecule has 2 atom stereocenters. The average molecular weight is 283 g/mol. The van der Waals surface area contributed by atoms with Crippen molar-refractivity contribution in [1.29, 1.82) is 0 Å². The molecule has 1 aliphatic rings. The lowest BCUT2D eigenvalue weighted by atomic mass is 9.98. The molecule has 3 nitrogen and oxygen atoms in total. The maximum Gasteiger partial charge on any atom is 0.119 e. The Balaban J connectivity index is 1.70. The maximum atomic E-state index is 5.91. The molecule has 3 rings (SSSR count). The predicted octanol–water partition coefficient (Wildman–Crippen LogP) is 3.40. The molecule has 0 aliphatic carbocycles. The smallest absolute Gasteiger partial charge is 0.119 e. The number of fused-ring (bicyclic) bond motifs is 1. The summed E-state index contributed by atoms with van der Waals surface area (Å²) in [5.74, 6) is 0.844. The SMILES string of the molecule is C[C@H](N)c1cccc(OCC2OCCc3ccccc32)c1. The molecule has 0 saturated carbocycles. The van der Waals surface area contributed by atoms with Gasteiger partial charge in [0, 0.05) is 6.04 Å². The molecule has 0 fully saturated rings. The Morgan fingerprint density at radius 1 is 1.24 bits per heavy atom. The summed E-state index contributed by atoms with van der Waals surface area (Å²) in [6.07, 6.45) is 0.987. The van der Waals surface area contributed by atoms with E-state index in [-0.39, 0.29) is 12.1 Å². The van der Waals surface area contributed by atoms with Crippen LogP contribution in [0.3, 0.4) is 0 Å². The second-order valence-corrected chi connectivity index (χ2v) is 5.48. The van der Waals surface area contributed by atoms with E-state index in [1.54, 1.807) is 0 Å². The standard InChI is InChI=1S/C18H21NO2/c1-13(19)15-6-4-7-16(11-15)21-12-18-17-8-3-2-5-14(17)9-10-20-18/h2-8,11,13,18H,9-10,12,19H2,1H3/t13-,18?/m0/s1. The summed E-state index contributed by atoms with van der Waals surface area (Å²) < 4.78 is 11.8. The highest BCUT2D eigenvalue weighted by Crippen LogP contribution is 2.28. The minimum atomic E-state index is 0.00825. The number of benzene rings is 2. The number of ether oxygens (including phenoxy) is 2. The minimum Gasteiger partial charge on any atom is -0.491 e. The van der Waals surface area contributed by atoms with Gasteiger partial charge in [-0.05, 0) is 42.2 Å². The van der Waals surface area contributed by atoms with E-state index in [2.05, 4.69) is 24.3 Å². The van der Waals surface area contributed by atoms with Crippen LogP contribution in [0.25, 0.3) is 0 Å². The van der Waals surface area contributed by atoms with E-state index >= 15 is 0 Å². The number of hydrogen-bond donors (Lipinski definition) is 1. The first-order valence-electron chi connectivity index (χ1n) is 7.42. The Kier molecular flexibility index (Phi) is 4.23. The molecule has 3 heteroatoms. The molecule has 1 aliphatic heterocycles. The lowest BCUT2D eigenvalue weighted by Crippen LogP contribution is -2.21. The van der Waals surface area contributed by atoms with Gasteiger partial charge in [-0.15, -0.1) is 0 Å². The molecule has 1 heterocycles. The van der Waals surface area contributed by atoms with Gasteiger partial charge in [-0.3, -0.25) is 0 Å². The Labute approximate surface area is 125 Å². The topological polar surface area (TPSA) is 44.5 Å². The number of nitrogens with two attached hydrogens (primary N) is 1. The van der Waals surface area contributed by atoms with Crippen molar-refractivity contribution in [2.45, 2.75) is 25.5 Å². The van der Waals surface area contributed by atoms with Crippen LogP contribution in [-0.2, 0) is 11.2 Å². The highest BCUT2D eigenvalue weighted by Gasteiger charge is 2.20. The lowest BCUT2D eigenvalue weighted by Gasteiger charge is -2.26. The van der Waals surface area contributed by atoms with Gasteiger partial charge in [0.1, 0.15) is 18.5 Å². The molecule has 2 aromatic carbocycles. The average Bonchev–Trinajstić information content (AvgIpc) is 2.53. The van der Waals surface area contributed by atoms with E-state index < -0.39 is 0 Å².